The Morgan fingerprint density at radius 1 is 0.786 bits per heavy atom. The second kappa shape index (κ2) is 8.11. The van der Waals surface area contributed by atoms with E-state index >= 15 is 0 Å². The average Bonchev–Trinajstić information content (AvgIpc) is 3.51. The number of hydrogen-bond donors (Lipinski definition) is 0. The Morgan fingerprint density at radius 2 is 1.57 bits per heavy atom. The number of ketones is 1. The third-order valence-corrected chi connectivity index (χ3v) is 9.48. The maximum atomic E-state index is 11.6. The molecule has 1 aliphatic heterocycles. The Kier molecular flexibility index (Phi) is 5.54. The average molecular weight is 387 g/mol. The maximum Gasteiger partial charge on any atom is 0.306 e. The van der Waals surface area contributed by atoms with E-state index in [0.717, 1.165) is 48.3 Å². The van der Waals surface area contributed by atoms with Gasteiger partial charge in [0.05, 0.1) is 6.61 Å². The lowest BCUT2D eigenvalue weighted by molar-refractivity contribution is -0.150. The van der Waals surface area contributed by atoms with Crippen LogP contribution in [0, 0.1) is 47.3 Å². The minimum absolute atomic E-state index is 0.0454. The van der Waals surface area contributed by atoms with E-state index in [9.17, 15) is 9.59 Å². The fraction of sp³-hybridized carbons (Fsp3) is 0.920. The van der Waals surface area contributed by atoms with Gasteiger partial charge in [-0.25, -0.2) is 0 Å². The highest BCUT2D eigenvalue weighted by molar-refractivity contribution is 5.82. The second-order valence-corrected chi connectivity index (χ2v) is 11.0. The van der Waals surface area contributed by atoms with E-state index < -0.39 is 0 Å². The third kappa shape index (κ3) is 3.92. The molecule has 28 heavy (non-hydrogen) atoms. The van der Waals surface area contributed by atoms with Gasteiger partial charge in [0.15, 0.2) is 0 Å². The lowest BCUT2D eigenvalue weighted by Crippen LogP contribution is -2.29. The Morgan fingerprint density at radius 3 is 2.14 bits per heavy atom. The molecule has 3 heteroatoms. The van der Waals surface area contributed by atoms with Crippen molar-refractivity contribution in [3.63, 3.8) is 0 Å². The zero-order valence-electron chi connectivity index (χ0n) is 17.5. The van der Waals surface area contributed by atoms with E-state index in [1.807, 2.05) is 0 Å². The summed E-state index contributed by atoms with van der Waals surface area (Å²) in [7, 11) is 0. The number of carbonyl (C=O) groups is 2. The molecule has 5 saturated carbocycles. The predicted octanol–water partition coefficient (Wildman–Crippen LogP) is 5.56. The number of cyclic esters (lactones) is 1. The quantitative estimate of drug-likeness (QED) is 0.597. The molecule has 6 fully saturated rings. The summed E-state index contributed by atoms with van der Waals surface area (Å²) in [5, 5.41) is 0. The van der Waals surface area contributed by atoms with Gasteiger partial charge < -0.3 is 4.74 Å². The molecule has 8 unspecified atom stereocenters. The Labute approximate surface area is 170 Å². The van der Waals surface area contributed by atoms with Crippen molar-refractivity contribution >= 4 is 11.8 Å². The summed E-state index contributed by atoms with van der Waals surface area (Å²) < 4.78 is 5.01. The largest absolute Gasteiger partial charge is 0.466 e. The van der Waals surface area contributed by atoms with Gasteiger partial charge in [0.2, 0.25) is 0 Å². The molecule has 6 rings (SSSR count). The molecule has 4 bridgehead atoms. The van der Waals surface area contributed by atoms with Crippen LogP contribution in [0.1, 0.15) is 89.9 Å². The molecule has 6 aliphatic rings. The van der Waals surface area contributed by atoms with Crippen LogP contribution in [-0.4, -0.2) is 18.4 Å². The second-order valence-electron chi connectivity index (χ2n) is 11.0. The highest BCUT2D eigenvalue weighted by atomic mass is 16.5. The van der Waals surface area contributed by atoms with Gasteiger partial charge in [-0.05, 0) is 106 Å². The van der Waals surface area contributed by atoms with Crippen molar-refractivity contribution in [2.24, 2.45) is 47.3 Å². The van der Waals surface area contributed by atoms with E-state index in [1.54, 1.807) is 0 Å². The summed E-state index contributed by atoms with van der Waals surface area (Å²) in [5.74, 6) is 7.55. The standard InChI is InChI=1S/C13H20O.C12H18O2/c14-13-3-1-2-11(13)8-12-7-9-4-5-10(12)6-9;13-12-7-10(3-4-14-12)11-6-8-1-2-9(11)5-8/h9-12H,1-8H2;8-11H,1-7H2. The zero-order chi connectivity index (χ0) is 19.1. The molecule has 0 N–H and O–H groups in total. The van der Waals surface area contributed by atoms with Gasteiger partial charge in [-0.2, -0.15) is 0 Å². The van der Waals surface area contributed by atoms with Crippen molar-refractivity contribution in [3.05, 3.63) is 0 Å². The van der Waals surface area contributed by atoms with Gasteiger partial charge in [-0.3, -0.25) is 9.59 Å². The molecule has 5 aliphatic carbocycles. The summed E-state index contributed by atoms with van der Waals surface area (Å²) in [6.07, 6.45) is 18.0. The van der Waals surface area contributed by atoms with Gasteiger partial charge in [0.1, 0.15) is 5.78 Å². The van der Waals surface area contributed by atoms with Crippen molar-refractivity contribution in [1.82, 2.24) is 0 Å². The Balaban J connectivity index is 0.000000122. The van der Waals surface area contributed by atoms with Crippen LogP contribution in [-0.2, 0) is 14.3 Å². The van der Waals surface area contributed by atoms with Crippen LogP contribution in [0.2, 0.25) is 0 Å². The highest BCUT2D eigenvalue weighted by Gasteiger charge is 2.44. The van der Waals surface area contributed by atoms with Crippen molar-refractivity contribution in [3.8, 4) is 0 Å². The predicted molar refractivity (Wildman–Crippen MR) is 109 cm³/mol. The van der Waals surface area contributed by atoms with Crippen LogP contribution in [0.25, 0.3) is 0 Å². The third-order valence-electron chi connectivity index (χ3n) is 9.48. The van der Waals surface area contributed by atoms with E-state index in [0.29, 0.717) is 30.6 Å². The number of ether oxygens (including phenoxy) is 1. The molecule has 0 aromatic rings. The lowest BCUT2D eigenvalue weighted by atomic mass is 9.76. The highest BCUT2D eigenvalue weighted by Crippen LogP contribution is 2.53. The monoisotopic (exact) mass is 386 g/mol. The molecular formula is C25H38O3. The lowest BCUT2D eigenvalue weighted by Gasteiger charge is -2.32. The van der Waals surface area contributed by atoms with Crippen molar-refractivity contribution in [2.75, 3.05) is 6.61 Å². The van der Waals surface area contributed by atoms with Crippen molar-refractivity contribution in [1.29, 1.82) is 0 Å². The van der Waals surface area contributed by atoms with E-state index in [-0.39, 0.29) is 5.97 Å². The zero-order valence-corrected chi connectivity index (χ0v) is 17.5. The topological polar surface area (TPSA) is 43.4 Å². The molecular weight excluding hydrogens is 348 g/mol. The number of fused-ring (bicyclic) bond motifs is 4. The maximum absolute atomic E-state index is 11.6. The molecule has 0 radical (unpaired) electrons. The number of rotatable bonds is 3. The summed E-state index contributed by atoms with van der Waals surface area (Å²) in [5.41, 5.74) is 0. The fourth-order valence-electron chi connectivity index (χ4n) is 8.10. The first kappa shape index (κ1) is 19.1. The van der Waals surface area contributed by atoms with Crippen LogP contribution < -0.4 is 0 Å². The molecule has 1 heterocycles. The summed E-state index contributed by atoms with van der Waals surface area (Å²) in [4.78, 5) is 22.8. The fourth-order valence-corrected chi connectivity index (χ4v) is 8.10. The molecule has 3 nitrogen and oxygen atoms in total. The molecule has 0 amide bonds. The van der Waals surface area contributed by atoms with Crippen LogP contribution in [0.15, 0.2) is 0 Å². The van der Waals surface area contributed by atoms with Crippen LogP contribution in [0.5, 0.6) is 0 Å². The minimum Gasteiger partial charge on any atom is -0.466 e. The van der Waals surface area contributed by atoms with Gasteiger partial charge in [-0.15, -0.1) is 0 Å². The molecule has 156 valence electrons. The smallest absolute Gasteiger partial charge is 0.306 e. The van der Waals surface area contributed by atoms with Gasteiger partial charge in [0.25, 0.3) is 0 Å². The van der Waals surface area contributed by atoms with Crippen LogP contribution in [0.4, 0.5) is 0 Å². The first-order chi connectivity index (χ1) is 13.7. The number of esters is 1. The number of hydrogen-bond acceptors (Lipinski definition) is 3. The molecule has 1 saturated heterocycles. The van der Waals surface area contributed by atoms with E-state index in [1.165, 1.54) is 70.6 Å². The van der Waals surface area contributed by atoms with Crippen LogP contribution in [0.3, 0.4) is 0 Å². The van der Waals surface area contributed by atoms with Crippen molar-refractivity contribution in [2.45, 2.75) is 89.9 Å². The number of carbonyl (C=O) groups excluding carboxylic acids is 2. The van der Waals surface area contributed by atoms with Crippen molar-refractivity contribution < 1.29 is 14.3 Å². The SMILES string of the molecule is O=C1CC(C2CC3CCC2C3)CCO1.O=C1CCCC1CC1CC2CCC1C2. The van der Waals surface area contributed by atoms with E-state index in [2.05, 4.69) is 0 Å². The summed E-state index contributed by atoms with van der Waals surface area (Å²) in [6.45, 7) is 0.678. The van der Waals surface area contributed by atoms with E-state index in [4.69, 9.17) is 4.74 Å². The van der Waals surface area contributed by atoms with Crippen LogP contribution >= 0.6 is 0 Å². The van der Waals surface area contributed by atoms with Gasteiger partial charge in [-0.1, -0.05) is 12.8 Å². The Bertz CT molecular complexity index is 599. The molecule has 8 atom stereocenters. The summed E-state index contributed by atoms with van der Waals surface area (Å²) in [6, 6.07) is 0. The molecule has 0 aromatic heterocycles. The molecule has 0 aromatic carbocycles. The first-order valence-corrected chi connectivity index (χ1v) is 12.3. The summed E-state index contributed by atoms with van der Waals surface area (Å²) >= 11 is 0. The number of Topliss-reactive ketones (excluding diaryl/α,β-unsaturated/α-hetero) is 1. The minimum atomic E-state index is 0.0454. The first-order valence-electron chi connectivity index (χ1n) is 12.3. The normalized spacial score (nSPS) is 46.6. The van der Waals surface area contributed by atoms with Gasteiger partial charge in [0, 0.05) is 18.8 Å². The molecule has 0 spiro atoms. The van der Waals surface area contributed by atoms with Gasteiger partial charge >= 0.3 is 5.97 Å². The Hall–Kier alpha value is -0.860.